The van der Waals surface area contributed by atoms with Crippen molar-refractivity contribution < 1.29 is 9.21 Å². The van der Waals surface area contributed by atoms with Crippen molar-refractivity contribution in [2.75, 3.05) is 13.1 Å². The molecule has 0 unspecified atom stereocenters. The predicted molar refractivity (Wildman–Crippen MR) is 104 cm³/mol. The average Bonchev–Trinajstić information content (AvgIpc) is 3.01. The van der Waals surface area contributed by atoms with Gasteiger partial charge < -0.3 is 15.5 Å². The summed E-state index contributed by atoms with van der Waals surface area (Å²) in [7, 11) is 0. The molecule has 3 N–H and O–H groups in total. The molecule has 4 heteroatoms. The molecule has 1 aliphatic rings. The minimum absolute atomic E-state index is 0.296. The Hall–Kier alpha value is -2.59. The summed E-state index contributed by atoms with van der Waals surface area (Å²) in [5.74, 6) is 0.251. The van der Waals surface area contributed by atoms with Crippen molar-refractivity contribution in [3.05, 3.63) is 70.5 Å². The molecule has 0 bridgehead atoms. The Morgan fingerprint density at radius 3 is 2.62 bits per heavy atom. The minimum Gasteiger partial charge on any atom is -0.450 e. The molecule has 1 amide bonds. The van der Waals surface area contributed by atoms with E-state index < -0.39 is 5.91 Å². The highest BCUT2D eigenvalue weighted by molar-refractivity contribution is 5.99. The summed E-state index contributed by atoms with van der Waals surface area (Å²) in [5.41, 5.74) is 10.9. The van der Waals surface area contributed by atoms with E-state index in [-0.39, 0.29) is 0 Å². The van der Waals surface area contributed by atoms with Crippen LogP contribution in [0.5, 0.6) is 0 Å². The Balaban J connectivity index is 1.88. The summed E-state index contributed by atoms with van der Waals surface area (Å²) in [6, 6.07) is 14.5. The number of piperidine rings is 1. The van der Waals surface area contributed by atoms with Gasteiger partial charge >= 0.3 is 0 Å². The molecule has 4 rings (SSSR count). The number of carbonyl (C=O) groups is 1. The lowest BCUT2D eigenvalue weighted by Crippen LogP contribution is -2.26. The van der Waals surface area contributed by atoms with Crippen molar-refractivity contribution in [3.8, 4) is 0 Å². The summed E-state index contributed by atoms with van der Waals surface area (Å²) >= 11 is 0. The van der Waals surface area contributed by atoms with E-state index in [0.717, 1.165) is 48.0 Å². The first-order valence-electron chi connectivity index (χ1n) is 9.24. The highest BCUT2D eigenvalue weighted by Crippen LogP contribution is 2.37. The van der Waals surface area contributed by atoms with Crippen LogP contribution in [0.1, 0.15) is 51.6 Å². The zero-order chi connectivity index (χ0) is 18.1. The average molecular weight is 348 g/mol. The van der Waals surface area contributed by atoms with Crippen LogP contribution in [0, 0.1) is 6.92 Å². The van der Waals surface area contributed by atoms with Gasteiger partial charge in [-0.25, -0.2) is 0 Å². The van der Waals surface area contributed by atoms with Crippen LogP contribution in [0.25, 0.3) is 11.0 Å². The van der Waals surface area contributed by atoms with Gasteiger partial charge in [0, 0.05) is 17.4 Å². The Morgan fingerprint density at radius 1 is 1.19 bits per heavy atom. The van der Waals surface area contributed by atoms with Crippen molar-refractivity contribution in [2.24, 2.45) is 5.73 Å². The molecule has 1 saturated heterocycles. The van der Waals surface area contributed by atoms with Crippen molar-refractivity contribution >= 4 is 16.9 Å². The molecule has 0 atom stereocenters. The van der Waals surface area contributed by atoms with E-state index in [2.05, 4.69) is 36.5 Å². The number of hydrogen-bond donors (Lipinski definition) is 2. The number of carbonyl (C=O) groups excluding carboxylic acids is 1. The van der Waals surface area contributed by atoms with Gasteiger partial charge in [0.25, 0.3) is 5.91 Å². The van der Waals surface area contributed by atoms with Crippen molar-refractivity contribution in [1.82, 2.24) is 5.32 Å². The SMILES string of the molecule is Cc1cc(C2CCNCC2)c2oc(C(N)=O)c(Cc3ccccc3)c2c1. The molecule has 3 aromatic rings. The molecule has 0 radical (unpaired) electrons. The Bertz CT molecular complexity index is 938. The molecular formula is C22H24N2O2. The second-order valence-electron chi connectivity index (χ2n) is 7.19. The van der Waals surface area contributed by atoms with Crippen LogP contribution in [0.2, 0.25) is 0 Å². The highest BCUT2D eigenvalue weighted by atomic mass is 16.3. The maximum atomic E-state index is 12.1. The standard InChI is InChI=1S/C22H24N2O2/c1-14-11-17(16-7-9-24-10-8-16)20-18(12-14)19(21(26-20)22(23)25)13-15-5-3-2-4-6-15/h2-6,11-12,16,24H,7-10,13H2,1H3,(H2,23,25). The summed E-state index contributed by atoms with van der Waals surface area (Å²) in [6.07, 6.45) is 2.81. The fourth-order valence-corrected chi connectivity index (χ4v) is 4.04. The van der Waals surface area contributed by atoms with Gasteiger partial charge in [0.05, 0.1) is 0 Å². The molecule has 0 spiro atoms. The lowest BCUT2D eigenvalue weighted by atomic mass is 9.87. The van der Waals surface area contributed by atoms with E-state index in [1.165, 1.54) is 11.1 Å². The summed E-state index contributed by atoms with van der Waals surface area (Å²) in [6.45, 7) is 4.13. The molecule has 134 valence electrons. The van der Waals surface area contributed by atoms with E-state index in [0.29, 0.717) is 18.1 Å². The number of hydrogen-bond acceptors (Lipinski definition) is 3. The van der Waals surface area contributed by atoms with Crippen molar-refractivity contribution in [1.29, 1.82) is 0 Å². The van der Waals surface area contributed by atoms with Crippen LogP contribution in [0.3, 0.4) is 0 Å². The molecule has 2 heterocycles. The third-order valence-corrected chi connectivity index (χ3v) is 5.29. The largest absolute Gasteiger partial charge is 0.450 e. The smallest absolute Gasteiger partial charge is 0.284 e. The first-order chi connectivity index (χ1) is 12.6. The van der Waals surface area contributed by atoms with E-state index in [1.54, 1.807) is 0 Å². The summed E-state index contributed by atoms with van der Waals surface area (Å²) in [4.78, 5) is 12.1. The number of furan rings is 1. The lowest BCUT2D eigenvalue weighted by Gasteiger charge is -2.23. The van der Waals surface area contributed by atoms with Crippen LogP contribution in [0.15, 0.2) is 46.9 Å². The van der Waals surface area contributed by atoms with Gasteiger partial charge in [-0.2, -0.15) is 0 Å². The Morgan fingerprint density at radius 2 is 1.92 bits per heavy atom. The van der Waals surface area contributed by atoms with Gasteiger partial charge in [-0.3, -0.25) is 4.79 Å². The van der Waals surface area contributed by atoms with Crippen molar-refractivity contribution in [2.45, 2.75) is 32.1 Å². The maximum absolute atomic E-state index is 12.1. The van der Waals surface area contributed by atoms with Gasteiger partial charge in [0.1, 0.15) is 5.58 Å². The second kappa shape index (κ2) is 6.96. The summed E-state index contributed by atoms with van der Waals surface area (Å²) < 4.78 is 6.08. The first kappa shape index (κ1) is 16.9. The van der Waals surface area contributed by atoms with Crippen LogP contribution >= 0.6 is 0 Å². The number of fused-ring (bicyclic) bond motifs is 1. The number of rotatable bonds is 4. The third-order valence-electron chi connectivity index (χ3n) is 5.29. The quantitative estimate of drug-likeness (QED) is 0.751. The minimum atomic E-state index is -0.499. The topological polar surface area (TPSA) is 68.3 Å². The lowest BCUT2D eigenvalue weighted by molar-refractivity contribution is 0.0975. The van der Waals surface area contributed by atoms with Crippen LogP contribution in [-0.2, 0) is 6.42 Å². The second-order valence-corrected chi connectivity index (χ2v) is 7.19. The van der Waals surface area contributed by atoms with Crippen LogP contribution in [-0.4, -0.2) is 19.0 Å². The molecule has 1 fully saturated rings. The number of nitrogens with one attached hydrogen (secondary N) is 1. The molecule has 1 aromatic heterocycles. The van der Waals surface area contributed by atoms with Gasteiger partial charge in [-0.15, -0.1) is 0 Å². The van der Waals surface area contributed by atoms with Gasteiger partial charge in [-0.1, -0.05) is 36.4 Å². The third kappa shape index (κ3) is 3.13. The molecule has 0 saturated carbocycles. The Labute approximate surface area is 153 Å². The fourth-order valence-electron chi connectivity index (χ4n) is 4.04. The normalized spacial score (nSPS) is 15.4. The maximum Gasteiger partial charge on any atom is 0.284 e. The number of nitrogens with two attached hydrogens (primary N) is 1. The number of primary amides is 1. The molecule has 0 aliphatic carbocycles. The molecule has 4 nitrogen and oxygen atoms in total. The number of amides is 1. The van der Waals surface area contributed by atoms with Crippen LogP contribution < -0.4 is 11.1 Å². The summed E-state index contributed by atoms with van der Waals surface area (Å²) in [5, 5.41) is 4.43. The van der Waals surface area contributed by atoms with Crippen LogP contribution in [0.4, 0.5) is 0 Å². The van der Waals surface area contributed by atoms with Gasteiger partial charge in [-0.05, 0) is 61.5 Å². The molecular weight excluding hydrogens is 324 g/mol. The number of benzene rings is 2. The first-order valence-corrected chi connectivity index (χ1v) is 9.24. The Kier molecular flexibility index (Phi) is 4.51. The predicted octanol–water partition coefficient (Wildman–Crippen LogP) is 3.90. The van der Waals surface area contributed by atoms with E-state index in [9.17, 15) is 4.79 Å². The monoisotopic (exact) mass is 348 g/mol. The highest BCUT2D eigenvalue weighted by Gasteiger charge is 2.25. The zero-order valence-electron chi connectivity index (χ0n) is 15.0. The zero-order valence-corrected chi connectivity index (χ0v) is 15.0. The molecule has 2 aromatic carbocycles. The van der Waals surface area contributed by atoms with Crippen molar-refractivity contribution in [3.63, 3.8) is 0 Å². The van der Waals surface area contributed by atoms with E-state index in [4.69, 9.17) is 10.2 Å². The molecule has 26 heavy (non-hydrogen) atoms. The van der Waals surface area contributed by atoms with Gasteiger partial charge in [0.15, 0.2) is 5.76 Å². The molecule has 1 aliphatic heterocycles. The van der Waals surface area contributed by atoms with E-state index in [1.807, 2.05) is 18.2 Å². The van der Waals surface area contributed by atoms with Gasteiger partial charge in [0.2, 0.25) is 0 Å². The fraction of sp³-hybridized carbons (Fsp3) is 0.318. The van der Waals surface area contributed by atoms with E-state index >= 15 is 0 Å². The number of aryl methyl sites for hydroxylation is 1.